The lowest BCUT2D eigenvalue weighted by molar-refractivity contribution is 0.122. The van der Waals surface area contributed by atoms with E-state index >= 15 is 0 Å². The molecular formula is C14H15FN4O2. The van der Waals surface area contributed by atoms with Crippen molar-refractivity contribution in [3.05, 3.63) is 36.4 Å². The third-order valence-electron chi connectivity index (χ3n) is 3.18. The van der Waals surface area contributed by atoms with E-state index in [2.05, 4.69) is 9.97 Å². The number of hydrogen-bond acceptors (Lipinski definition) is 6. The summed E-state index contributed by atoms with van der Waals surface area (Å²) >= 11 is 0. The average Bonchev–Trinajstić information content (AvgIpc) is 2.52. The van der Waals surface area contributed by atoms with E-state index in [9.17, 15) is 4.39 Å². The van der Waals surface area contributed by atoms with E-state index in [-0.39, 0.29) is 11.6 Å². The topological polar surface area (TPSA) is 73.5 Å². The quantitative estimate of drug-likeness (QED) is 0.929. The van der Waals surface area contributed by atoms with Crippen LogP contribution in [-0.2, 0) is 4.74 Å². The summed E-state index contributed by atoms with van der Waals surface area (Å²) in [5, 5.41) is 0. The van der Waals surface area contributed by atoms with Crippen molar-refractivity contribution in [1.82, 2.24) is 9.97 Å². The number of nitrogen functional groups attached to an aromatic ring is 1. The Balaban J connectivity index is 1.88. The Morgan fingerprint density at radius 3 is 2.71 bits per heavy atom. The molecule has 0 radical (unpaired) electrons. The Kier molecular flexibility index (Phi) is 3.83. The number of hydrogen-bond donors (Lipinski definition) is 1. The van der Waals surface area contributed by atoms with Crippen LogP contribution in [0, 0.1) is 5.82 Å². The molecule has 1 aliphatic rings. The van der Waals surface area contributed by atoms with Crippen molar-refractivity contribution < 1.29 is 13.9 Å². The SMILES string of the molecule is Nc1c(Oc2ccccc2F)ncnc1N1CCOCC1. The second kappa shape index (κ2) is 5.92. The molecule has 6 nitrogen and oxygen atoms in total. The van der Waals surface area contributed by atoms with E-state index in [0.29, 0.717) is 37.8 Å². The van der Waals surface area contributed by atoms with Crippen LogP contribution >= 0.6 is 0 Å². The minimum Gasteiger partial charge on any atom is -0.434 e. The molecule has 0 atom stereocenters. The lowest BCUT2D eigenvalue weighted by Crippen LogP contribution is -2.37. The molecule has 0 bridgehead atoms. The molecule has 2 N–H and O–H groups in total. The standard InChI is InChI=1S/C14H15FN4O2/c15-10-3-1-2-4-11(10)21-14-12(16)13(17-9-18-14)19-5-7-20-8-6-19/h1-4,9H,5-8,16H2. The first-order valence-corrected chi connectivity index (χ1v) is 6.61. The van der Waals surface area contributed by atoms with E-state index in [0.717, 1.165) is 0 Å². The van der Waals surface area contributed by atoms with E-state index in [1.54, 1.807) is 12.1 Å². The largest absolute Gasteiger partial charge is 0.434 e. The van der Waals surface area contributed by atoms with E-state index in [1.165, 1.54) is 18.5 Å². The van der Waals surface area contributed by atoms with Crippen molar-refractivity contribution in [1.29, 1.82) is 0 Å². The van der Waals surface area contributed by atoms with Crippen LogP contribution in [0.3, 0.4) is 0 Å². The molecule has 0 amide bonds. The number of benzene rings is 1. The van der Waals surface area contributed by atoms with Gasteiger partial charge in [-0.15, -0.1) is 0 Å². The molecule has 0 unspecified atom stereocenters. The summed E-state index contributed by atoms with van der Waals surface area (Å²) in [6.45, 7) is 2.63. The van der Waals surface area contributed by atoms with E-state index in [1.807, 2.05) is 4.90 Å². The molecule has 1 saturated heterocycles. The molecule has 1 fully saturated rings. The van der Waals surface area contributed by atoms with Crippen molar-refractivity contribution in [2.45, 2.75) is 0 Å². The monoisotopic (exact) mass is 290 g/mol. The Labute approximate surface area is 121 Å². The number of anilines is 2. The summed E-state index contributed by atoms with van der Waals surface area (Å²) in [5.41, 5.74) is 6.35. The van der Waals surface area contributed by atoms with Gasteiger partial charge in [0.1, 0.15) is 12.0 Å². The van der Waals surface area contributed by atoms with Gasteiger partial charge in [0.25, 0.3) is 0 Å². The lowest BCUT2D eigenvalue weighted by Gasteiger charge is -2.28. The second-order valence-corrected chi connectivity index (χ2v) is 4.55. The maximum Gasteiger partial charge on any atom is 0.248 e. The van der Waals surface area contributed by atoms with Gasteiger partial charge in [-0.2, -0.15) is 4.98 Å². The van der Waals surface area contributed by atoms with Gasteiger partial charge >= 0.3 is 0 Å². The molecule has 2 aromatic rings. The molecule has 0 spiro atoms. The molecule has 1 aromatic heterocycles. The highest BCUT2D eigenvalue weighted by Crippen LogP contribution is 2.32. The van der Waals surface area contributed by atoms with Gasteiger partial charge in [0.05, 0.1) is 13.2 Å². The highest BCUT2D eigenvalue weighted by atomic mass is 19.1. The van der Waals surface area contributed by atoms with Crippen molar-refractivity contribution >= 4 is 11.5 Å². The third-order valence-corrected chi connectivity index (χ3v) is 3.18. The third kappa shape index (κ3) is 2.87. The van der Waals surface area contributed by atoms with Gasteiger partial charge in [-0.25, -0.2) is 9.37 Å². The molecule has 7 heteroatoms. The molecule has 0 saturated carbocycles. The van der Waals surface area contributed by atoms with Gasteiger partial charge in [-0.3, -0.25) is 0 Å². The highest BCUT2D eigenvalue weighted by Gasteiger charge is 2.19. The summed E-state index contributed by atoms with van der Waals surface area (Å²) in [4.78, 5) is 10.2. The number of ether oxygens (including phenoxy) is 2. The van der Waals surface area contributed by atoms with Gasteiger partial charge in [0.2, 0.25) is 5.88 Å². The van der Waals surface area contributed by atoms with Crippen LogP contribution in [-0.4, -0.2) is 36.3 Å². The Morgan fingerprint density at radius 1 is 1.19 bits per heavy atom. The van der Waals surface area contributed by atoms with Crippen molar-refractivity contribution in [3.8, 4) is 11.6 Å². The molecule has 2 heterocycles. The Morgan fingerprint density at radius 2 is 1.95 bits per heavy atom. The van der Waals surface area contributed by atoms with Gasteiger partial charge in [-0.1, -0.05) is 12.1 Å². The Bertz CT molecular complexity index is 632. The van der Waals surface area contributed by atoms with Gasteiger partial charge in [0.15, 0.2) is 17.4 Å². The molecule has 110 valence electrons. The van der Waals surface area contributed by atoms with Crippen LogP contribution in [0.5, 0.6) is 11.6 Å². The first-order valence-electron chi connectivity index (χ1n) is 6.61. The Hall–Kier alpha value is -2.41. The molecular weight excluding hydrogens is 275 g/mol. The predicted octanol–water partition coefficient (Wildman–Crippen LogP) is 1.83. The minimum atomic E-state index is -0.469. The van der Waals surface area contributed by atoms with Crippen LogP contribution in [0.1, 0.15) is 0 Å². The van der Waals surface area contributed by atoms with Gasteiger partial charge < -0.3 is 20.1 Å². The zero-order chi connectivity index (χ0) is 14.7. The summed E-state index contributed by atoms with van der Waals surface area (Å²) in [5.74, 6) is 0.343. The fourth-order valence-corrected chi connectivity index (χ4v) is 2.11. The zero-order valence-corrected chi connectivity index (χ0v) is 11.3. The molecule has 21 heavy (non-hydrogen) atoms. The van der Waals surface area contributed by atoms with Gasteiger partial charge in [-0.05, 0) is 12.1 Å². The number of nitrogens with two attached hydrogens (primary N) is 1. The molecule has 1 aliphatic heterocycles. The lowest BCUT2D eigenvalue weighted by atomic mass is 10.3. The van der Waals surface area contributed by atoms with Crippen LogP contribution < -0.4 is 15.4 Å². The number of rotatable bonds is 3. The van der Waals surface area contributed by atoms with Crippen molar-refractivity contribution in [2.24, 2.45) is 0 Å². The molecule has 3 rings (SSSR count). The summed E-state index contributed by atoms with van der Waals surface area (Å²) in [7, 11) is 0. The van der Waals surface area contributed by atoms with Crippen molar-refractivity contribution in [2.75, 3.05) is 36.9 Å². The van der Waals surface area contributed by atoms with Gasteiger partial charge in [0, 0.05) is 13.1 Å². The number of para-hydroxylation sites is 1. The first-order chi connectivity index (χ1) is 10.3. The fraction of sp³-hybridized carbons (Fsp3) is 0.286. The van der Waals surface area contributed by atoms with Crippen LogP contribution in [0.15, 0.2) is 30.6 Å². The number of nitrogens with zero attached hydrogens (tertiary/aromatic N) is 3. The maximum atomic E-state index is 13.6. The van der Waals surface area contributed by atoms with Crippen molar-refractivity contribution in [3.63, 3.8) is 0 Å². The summed E-state index contributed by atoms with van der Waals surface area (Å²) in [6, 6.07) is 6.10. The van der Waals surface area contributed by atoms with Crippen LogP contribution in [0.2, 0.25) is 0 Å². The maximum absolute atomic E-state index is 13.6. The number of halogens is 1. The second-order valence-electron chi connectivity index (χ2n) is 4.55. The van der Waals surface area contributed by atoms with E-state index < -0.39 is 5.82 Å². The predicted molar refractivity (Wildman–Crippen MR) is 76.0 cm³/mol. The first kappa shape index (κ1) is 13.6. The fourth-order valence-electron chi connectivity index (χ4n) is 2.11. The summed E-state index contributed by atoms with van der Waals surface area (Å²) in [6.07, 6.45) is 1.36. The van der Waals surface area contributed by atoms with Crippen LogP contribution in [0.4, 0.5) is 15.9 Å². The molecule has 0 aliphatic carbocycles. The molecule has 1 aromatic carbocycles. The zero-order valence-electron chi connectivity index (χ0n) is 11.3. The summed E-state index contributed by atoms with van der Waals surface area (Å²) < 4.78 is 24.4. The highest BCUT2D eigenvalue weighted by molar-refractivity contribution is 5.68. The average molecular weight is 290 g/mol. The smallest absolute Gasteiger partial charge is 0.248 e. The normalized spacial score (nSPS) is 15.0. The van der Waals surface area contributed by atoms with Crippen LogP contribution in [0.25, 0.3) is 0 Å². The number of morpholine rings is 1. The number of aromatic nitrogens is 2. The minimum absolute atomic E-state index is 0.0795. The van der Waals surface area contributed by atoms with E-state index in [4.69, 9.17) is 15.2 Å².